The van der Waals surface area contributed by atoms with E-state index in [-0.39, 0.29) is 24.2 Å². The fourth-order valence-corrected chi connectivity index (χ4v) is 11.0. The first-order valence-corrected chi connectivity index (χ1v) is 15.8. The van der Waals surface area contributed by atoms with Crippen molar-refractivity contribution in [1.29, 1.82) is 0 Å². The maximum Gasteiger partial charge on any atom is 0.417 e. The number of hydrogen-bond donors (Lipinski definition) is 2. The zero-order chi connectivity index (χ0) is 26.9. The molecule has 5 fully saturated rings. The summed E-state index contributed by atoms with van der Waals surface area (Å²) in [5.41, 5.74) is -2.68. The number of aliphatic hydroxyl groups is 2. The van der Waals surface area contributed by atoms with Crippen LogP contribution in [0.15, 0.2) is 0 Å². The molecule has 2 unspecified atom stereocenters. The highest BCUT2D eigenvalue weighted by Crippen LogP contribution is 2.69. The van der Waals surface area contributed by atoms with Gasteiger partial charge in [0.05, 0.1) is 5.60 Å². The van der Waals surface area contributed by atoms with Gasteiger partial charge in [-0.2, -0.15) is 13.2 Å². The monoisotopic (exact) mass is 526 g/mol. The number of alkyl halides is 3. The normalized spacial score (nSPS) is 51.2. The second-order valence-corrected chi connectivity index (χ2v) is 15.2. The van der Waals surface area contributed by atoms with Gasteiger partial charge in [0.1, 0.15) is 0 Å². The van der Waals surface area contributed by atoms with Gasteiger partial charge in [-0.1, -0.05) is 34.1 Å². The van der Waals surface area contributed by atoms with Gasteiger partial charge in [0, 0.05) is 0 Å². The molecule has 2 N–H and O–H groups in total. The molecule has 37 heavy (non-hydrogen) atoms. The average Bonchev–Trinajstić information content (AvgIpc) is 3.20. The van der Waals surface area contributed by atoms with E-state index < -0.39 is 17.4 Å². The minimum absolute atomic E-state index is 0.0156. The summed E-state index contributed by atoms with van der Waals surface area (Å²) in [5, 5.41) is 21.8. The molecule has 0 radical (unpaired) electrons. The quantitative estimate of drug-likeness (QED) is 0.376. The topological polar surface area (TPSA) is 40.5 Å². The highest BCUT2D eigenvalue weighted by molar-refractivity contribution is 5.11. The molecule has 5 aliphatic carbocycles. The third-order valence-electron chi connectivity index (χ3n) is 13.7. The Morgan fingerprint density at radius 2 is 1.49 bits per heavy atom. The van der Waals surface area contributed by atoms with Gasteiger partial charge in [0.25, 0.3) is 0 Å². The van der Waals surface area contributed by atoms with Crippen LogP contribution >= 0.6 is 0 Å². The summed E-state index contributed by atoms with van der Waals surface area (Å²) < 4.78 is 41.0. The van der Waals surface area contributed by atoms with E-state index in [0.29, 0.717) is 41.4 Å². The summed E-state index contributed by atoms with van der Waals surface area (Å²) in [6.07, 6.45) is 10.1. The Balaban J connectivity index is 1.24. The van der Waals surface area contributed by atoms with Crippen LogP contribution in [0.1, 0.15) is 130 Å². The predicted molar refractivity (Wildman–Crippen MR) is 142 cm³/mol. The summed E-state index contributed by atoms with van der Waals surface area (Å²) in [5.74, 6) is 3.91. The van der Waals surface area contributed by atoms with Crippen LogP contribution in [-0.2, 0) is 0 Å². The lowest BCUT2D eigenvalue weighted by Crippen LogP contribution is -2.59. The molecule has 5 rings (SSSR count). The van der Waals surface area contributed by atoms with Crippen LogP contribution < -0.4 is 0 Å². The van der Waals surface area contributed by atoms with Crippen molar-refractivity contribution < 1.29 is 23.4 Å². The number of rotatable bonds is 5. The van der Waals surface area contributed by atoms with Gasteiger partial charge in [0.2, 0.25) is 0 Å². The van der Waals surface area contributed by atoms with E-state index in [4.69, 9.17) is 0 Å². The second-order valence-electron chi connectivity index (χ2n) is 15.2. The largest absolute Gasteiger partial charge is 0.417 e. The van der Waals surface area contributed by atoms with E-state index in [2.05, 4.69) is 27.7 Å². The Bertz CT molecular complexity index is 819. The van der Waals surface area contributed by atoms with E-state index in [1.54, 1.807) is 0 Å². The SMILES string of the molecule is CCC1CCC(O)(CC[C@@H](C)[C@H]2CC[C@H]3[C@@H]4CCC5C[C@](O)(C(F)(F)F)CC[C@]5(C)C4CC[C@]23C)CC1. The molecule has 0 spiro atoms. The lowest BCUT2D eigenvalue weighted by molar-refractivity contribution is -0.290. The predicted octanol–water partition coefficient (Wildman–Crippen LogP) is 8.69. The summed E-state index contributed by atoms with van der Waals surface area (Å²) in [7, 11) is 0. The van der Waals surface area contributed by atoms with Crippen LogP contribution in [0.5, 0.6) is 0 Å². The maximum absolute atomic E-state index is 13.7. The van der Waals surface area contributed by atoms with Gasteiger partial charge in [-0.05, 0) is 149 Å². The molecule has 0 aromatic carbocycles. The molecule has 0 aliphatic heterocycles. The molecule has 0 aromatic heterocycles. The van der Waals surface area contributed by atoms with Crippen LogP contribution in [0.25, 0.3) is 0 Å². The third kappa shape index (κ3) is 4.72. The van der Waals surface area contributed by atoms with Crippen molar-refractivity contribution in [3.63, 3.8) is 0 Å². The van der Waals surface area contributed by atoms with E-state index in [0.717, 1.165) is 50.9 Å². The van der Waals surface area contributed by atoms with Gasteiger partial charge in [0.15, 0.2) is 5.60 Å². The first kappa shape index (κ1) is 28.2. The van der Waals surface area contributed by atoms with E-state index in [1.165, 1.54) is 38.5 Å². The van der Waals surface area contributed by atoms with Gasteiger partial charge >= 0.3 is 6.18 Å². The first-order chi connectivity index (χ1) is 17.2. The minimum Gasteiger partial charge on any atom is -0.390 e. The van der Waals surface area contributed by atoms with Gasteiger partial charge in [-0.3, -0.25) is 0 Å². The summed E-state index contributed by atoms with van der Waals surface area (Å²) in [6, 6.07) is 0. The highest BCUT2D eigenvalue weighted by atomic mass is 19.4. The van der Waals surface area contributed by atoms with Gasteiger partial charge in [-0.15, -0.1) is 0 Å². The Hall–Kier alpha value is -0.290. The zero-order valence-electron chi connectivity index (χ0n) is 23.9. The smallest absolute Gasteiger partial charge is 0.390 e. The van der Waals surface area contributed by atoms with Crippen molar-refractivity contribution in [2.75, 3.05) is 0 Å². The standard InChI is InChI=1S/C32H53F3O2/c1-5-22-11-16-30(36,17-12-22)15-10-21(2)25-8-9-26-24-7-6-23-20-31(37,32(33,34)35)19-18-28(23,3)27(24)13-14-29(25,26)4/h21-27,36-37H,5-20H2,1-4H3/t21-,22?,23?,24+,25-,26+,27?,28+,29-,30?,31+/m1/s1. The fourth-order valence-electron chi connectivity index (χ4n) is 11.0. The highest BCUT2D eigenvalue weighted by Gasteiger charge is 2.65. The lowest BCUT2D eigenvalue weighted by Gasteiger charge is -2.62. The molecule has 0 bridgehead atoms. The molecular formula is C32H53F3O2. The number of hydrogen-bond acceptors (Lipinski definition) is 2. The molecule has 0 aromatic rings. The number of halogens is 3. The molecule has 0 heterocycles. The fraction of sp³-hybridized carbons (Fsp3) is 1.00. The minimum atomic E-state index is -4.52. The maximum atomic E-state index is 13.7. The van der Waals surface area contributed by atoms with Crippen LogP contribution in [-0.4, -0.2) is 27.6 Å². The van der Waals surface area contributed by atoms with Crippen molar-refractivity contribution in [3.05, 3.63) is 0 Å². The summed E-state index contributed by atoms with van der Waals surface area (Å²) >= 11 is 0. The van der Waals surface area contributed by atoms with Crippen molar-refractivity contribution in [2.24, 2.45) is 52.3 Å². The number of fused-ring (bicyclic) bond motifs is 5. The first-order valence-electron chi connectivity index (χ1n) is 15.8. The Morgan fingerprint density at radius 3 is 2.14 bits per heavy atom. The Labute approximate surface area is 223 Å². The molecule has 9 atom stereocenters. The third-order valence-corrected chi connectivity index (χ3v) is 13.7. The molecule has 2 nitrogen and oxygen atoms in total. The molecular weight excluding hydrogens is 473 g/mol. The van der Waals surface area contributed by atoms with Crippen molar-refractivity contribution in [2.45, 2.75) is 148 Å². The summed E-state index contributed by atoms with van der Waals surface area (Å²) in [6.45, 7) is 9.52. The lowest BCUT2D eigenvalue weighted by atomic mass is 9.43. The van der Waals surface area contributed by atoms with Crippen molar-refractivity contribution in [3.8, 4) is 0 Å². The van der Waals surface area contributed by atoms with E-state index in [1.807, 2.05) is 0 Å². The van der Waals surface area contributed by atoms with E-state index in [9.17, 15) is 23.4 Å². The molecule has 214 valence electrons. The van der Waals surface area contributed by atoms with Gasteiger partial charge in [-0.25, -0.2) is 0 Å². The molecule has 5 saturated carbocycles. The van der Waals surface area contributed by atoms with E-state index >= 15 is 0 Å². The van der Waals surface area contributed by atoms with Crippen LogP contribution in [0.2, 0.25) is 0 Å². The van der Waals surface area contributed by atoms with Gasteiger partial charge < -0.3 is 10.2 Å². The van der Waals surface area contributed by atoms with Crippen molar-refractivity contribution >= 4 is 0 Å². The summed E-state index contributed by atoms with van der Waals surface area (Å²) in [4.78, 5) is 0. The van der Waals surface area contributed by atoms with Crippen molar-refractivity contribution in [1.82, 2.24) is 0 Å². The Kier molecular flexibility index (Phi) is 7.38. The molecule has 0 amide bonds. The van der Waals surface area contributed by atoms with Crippen LogP contribution in [0.3, 0.4) is 0 Å². The molecule has 5 heteroatoms. The zero-order valence-corrected chi connectivity index (χ0v) is 23.9. The average molecular weight is 527 g/mol. The Morgan fingerprint density at radius 1 is 0.811 bits per heavy atom. The van der Waals surface area contributed by atoms with Crippen LogP contribution in [0, 0.1) is 52.3 Å². The molecule has 0 saturated heterocycles. The second kappa shape index (κ2) is 9.67. The molecule has 5 aliphatic rings. The van der Waals surface area contributed by atoms with Crippen LogP contribution in [0.4, 0.5) is 13.2 Å².